The number of aromatic nitrogens is 2. The fraction of sp³-hybridized carbons (Fsp3) is 0.667. The van der Waals surface area contributed by atoms with E-state index in [1.165, 1.54) is 23.6 Å². The highest BCUT2D eigenvalue weighted by atomic mass is 32.2. The van der Waals surface area contributed by atoms with E-state index in [-0.39, 0.29) is 0 Å². The van der Waals surface area contributed by atoms with Crippen LogP contribution in [0.15, 0.2) is 6.20 Å². The maximum atomic E-state index is 5.21. The molecule has 0 aliphatic carbocycles. The Hall–Kier alpha value is -0.220. The molecule has 72 valence electrons. The summed E-state index contributed by atoms with van der Waals surface area (Å²) in [5.41, 5.74) is 1.25. The summed E-state index contributed by atoms with van der Waals surface area (Å²) < 4.78 is 3.08. The van der Waals surface area contributed by atoms with Crippen LogP contribution >= 0.6 is 24.0 Å². The van der Waals surface area contributed by atoms with Crippen LogP contribution in [-0.2, 0) is 6.54 Å². The molecule has 1 aromatic rings. The molecule has 1 N–H and O–H groups in total. The number of nitrogens with one attached hydrogen (secondary N) is 1. The molecule has 0 saturated carbocycles. The van der Waals surface area contributed by atoms with E-state index >= 15 is 0 Å². The zero-order valence-corrected chi connectivity index (χ0v) is 9.38. The first kappa shape index (κ1) is 9.34. The molecule has 1 aliphatic heterocycles. The highest BCUT2D eigenvalue weighted by Gasteiger charge is 2.16. The van der Waals surface area contributed by atoms with Crippen molar-refractivity contribution in [3.05, 3.63) is 16.7 Å². The molecular formula is C9H14N2S2. The van der Waals surface area contributed by atoms with Crippen molar-refractivity contribution >= 4 is 24.0 Å². The van der Waals surface area contributed by atoms with E-state index in [2.05, 4.69) is 28.2 Å². The molecule has 1 aliphatic rings. The first-order valence-corrected chi connectivity index (χ1v) is 6.16. The molecule has 2 rings (SSSR count). The van der Waals surface area contributed by atoms with Crippen molar-refractivity contribution in [2.45, 2.75) is 19.9 Å². The normalized spacial score (nSPS) is 22.4. The van der Waals surface area contributed by atoms with E-state index in [9.17, 15) is 0 Å². The molecule has 1 fully saturated rings. The fourth-order valence-electron chi connectivity index (χ4n) is 1.69. The summed E-state index contributed by atoms with van der Waals surface area (Å²) in [6.45, 7) is 3.20. The Morgan fingerprint density at radius 1 is 1.77 bits per heavy atom. The summed E-state index contributed by atoms with van der Waals surface area (Å²) >= 11 is 7.27. The summed E-state index contributed by atoms with van der Waals surface area (Å²) in [4.78, 5) is 3.08. The quantitative estimate of drug-likeness (QED) is 0.764. The standard InChI is InChI=1S/C9H14N2S2/c1-7-4-10-9(12)11(7)5-8-2-3-13-6-8/h4,8H,2-3,5-6H2,1H3,(H,10,12). The summed E-state index contributed by atoms with van der Waals surface area (Å²) in [5, 5.41) is 0. The van der Waals surface area contributed by atoms with Crippen LogP contribution in [0.3, 0.4) is 0 Å². The van der Waals surface area contributed by atoms with Crippen molar-refractivity contribution in [3.63, 3.8) is 0 Å². The number of rotatable bonds is 2. The Labute approximate surface area is 87.7 Å². The van der Waals surface area contributed by atoms with Crippen molar-refractivity contribution in [3.8, 4) is 0 Å². The van der Waals surface area contributed by atoms with Gasteiger partial charge < -0.3 is 9.55 Å². The average Bonchev–Trinajstić information content (AvgIpc) is 2.70. The van der Waals surface area contributed by atoms with E-state index in [1.54, 1.807) is 0 Å². The molecule has 2 nitrogen and oxygen atoms in total. The Bertz CT molecular complexity index is 334. The zero-order valence-electron chi connectivity index (χ0n) is 7.75. The van der Waals surface area contributed by atoms with Crippen LogP contribution in [0.1, 0.15) is 12.1 Å². The zero-order chi connectivity index (χ0) is 9.26. The molecule has 0 aromatic carbocycles. The lowest BCUT2D eigenvalue weighted by atomic mass is 10.1. The Balaban J connectivity index is 2.12. The number of nitrogens with zero attached hydrogens (tertiary/aromatic N) is 1. The number of hydrogen-bond acceptors (Lipinski definition) is 2. The van der Waals surface area contributed by atoms with Crippen LogP contribution in [-0.4, -0.2) is 21.1 Å². The van der Waals surface area contributed by atoms with Gasteiger partial charge in [-0.2, -0.15) is 11.8 Å². The minimum absolute atomic E-state index is 0.825. The highest BCUT2D eigenvalue weighted by Crippen LogP contribution is 2.25. The average molecular weight is 214 g/mol. The molecule has 2 heterocycles. The lowest BCUT2D eigenvalue weighted by Crippen LogP contribution is -2.11. The van der Waals surface area contributed by atoms with Gasteiger partial charge in [-0.25, -0.2) is 0 Å². The molecule has 1 atom stereocenters. The number of aryl methyl sites for hydroxylation is 1. The van der Waals surface area contributed by atoms with Gasteiger partial charge in [-0.3, -0.25) is 0 Å². The van der Waals surface area contributed by atoms with Gasteiger partial charge in [0.15, 0.2) is 4.77 Å². The highest BCUT2D eigenvalue weighted by molar-refractivity contribution is 7.99. The van der Waals surface area contributed by atoms with Gasteiger partial charge in [-0.1, -0.05) is 0 Å². The van der Waals surface area contributed by atoms with E-state index in [1.807, 2.05) is 6.20 Å². The summed E-state index contributed by atoms with van der Waals surface area (Å²) in [6, 6.07) is 0. The van der Waals surface area contributed by atoms with E-state index in [0.717, 1.165) is 17.2 Å². The number of thioether (sulfide) groups is 1. The van der Waals surface area contributed by atoms with Crippen molar-refractivity contribution < 1.29 is 0 Å². The van der Waals surface area contributed by atoms with E-state index in [0.29, 0.717) is 0 Å². The lowest BCUT2D eigenvalue weighted by molar-refractivity contribution is 0.483. The smallest absolute Gasteiger partial charge is 0.177 e. The van der Waals surface area contributed by atoms with Crippen LogP contribution in [0.25, 0.3) is 0 Å². The second-order valence-corrected chi connectivity index (χ2v) is 5.11. The van der Waals surface area contributed by atoms with Crippen molar-refractivity contribution in [1.82, 2.24) is 9.55 Å². The molecule has 13 heavy (non-hydrogen) atoms. The van der Waals surface area contributed by atoms with Crippen molar-refractivity contribution in [2.24, 2.45) is 5.92 Å². The molecule has 4 heteroatoms. The van der Waals surface area contributed by atoms with E-state index in [4.69, 9.17) is 12.2 Å². The van der Waals surface area contributed by atoms with Crippen LogP contribution in [0, 0.1) is 17.6 Å². The minimum atomic E-state index is 0.825. The van der Waals surface area contributed by atoms with Gasteiger partial charge >= 0.3 is 0 Å². The van der Waals surface area contributed by atoms with Crippen LogP contribution in [0.4, 0.5) is 0 Å². The Morgan fingerprint density at radius 3 is 3.15 bits per heavy atom. The van der Waals surface area contributed by atoms with Gasteiger partial charge in [0.25, 0.3) is 0 Å². The Morgan fingerprint density at radius 2 is 2.62 bits per heavy atom. The topological polar surface area (TPSA) is 20.7 Å². The maximum absolute atomic E-state index is 5.21. The summed E-state index contributed by atoms with van der Waals surface area (Å²) in [6.07, 6.45) is 3.33. The lowest BCUT2D eigenvalue weighted by Gasteiger charge is -2.10. The molecule has 0 spiro atoms. The first-order valence-electron chi connectivity index (χ1n) is 4.60. The summed E-state index contributed by atoms with van der Waals surface area (Å²) in [5.74, 6) is 3.44. The fourth-order valence-corrected chi connectivity index (χ4v) is 3.24. The van der Waals surface area contributed by atoms with Gasteiger partial charge in [0, 0.05) is 18.4 Å². The molecule has 1 aromatic heterocycles. The first-order chi connectivity index (χ1) is 6.27. The van der Waals surface area contributed by atoms with Crippen LogP contribution < -0.4 is 0 Å². The molecule has 0 radical (unpaired) electrons. The Kier molecular flexibility index (Phi) is 2.79. The number of aromatic amines is 1. The third-order valence-electron chi connectivity index (χ3n) is 2.54. The van der Waals surface area contributed by atoms with Gasteiger partial charge in [-0.05, 0) is 43.0 Å². The van der Waals surface area contributed by atoms with Crippen molar-refractivity contribution in [2.75, 3.05) is 11.5 Å². The number of H-pyrrole nitrogens is 1. The van der Waals surface area contributed by atoms with Gasteiger partial charge in [0.05, 0.1) is 0 Å². The molecular weight excluding hydrogens is 200 g/mol. The summed E-state index contributed by atoms with van der Waals surface area (Å²) in [7, 11) is 0. The second-order valence-electron chi connectivity index (χ2n) is 3.58. The van der Waals surface area contributed by atoms with E-state index < -0.39 is 0 Å². The number of hydrogen-bond donors (Lipinski definition) is 1. The predicted molar refractivity (Wildman–Crippen MR) is 59.8 cm³/mol. The predicted octanol–water partition coefficient (Wildman–Crippen LogP) is 2.61. The van der Waals surface area contributed by atoms with Gasteiger partial charge in [0.2, 0.25) is 0 Å². The molecule has 0 amide bonds. The maximum Gasteiger partial charge on any atom is 0.177 e. The van der Waals surface area contributed by atoms with Crippen LogP contribution in [0.2, 0.25) is 0 Å². The van der Waals surface area contributed by atoms with Crippen LogP contribution in [0.5, 0.6) is 0 Å². The third-order valence-corrected chi connectivity index (χ3v) is 4.11. The monoisotopic (exact) mass is 214 g/mol. The van der Waals surface area contributed by atoms with Gasteiger partial charge in [0.1, 0.15) is 0 Å². The molecule has 0 bridgehead atoms. The second kappa shape index (κ2) is 3.88. The third kappa shape index (κ3) is 1.99. The molecule has 1 unspecified atom stereocenters. The largest absolute Gasteiger partial charge is 0.337 e. The minimum Gasteiger partial charge on any atom is -0.337 e. The van der Waals surface area contributed by atoms with Crippen molar-refractivity contribution in [1.29, 1.82) is 0 Å². The SMILES string of the molecule is Cc1c[nH]c(=S)n1CC1CCSC1. The molecule has 1 saturated heterocycles. The number of imidazole rings is 1. The van der Waals surface area contributed by atoms with Gasteiger partial charge in [-0.15, -0.1) is 0 Å².